The van der Waals surface area contributed by atoms with Gasteiger partial charge < -0.3 is 24.7 Å². The summed E-state index contributed by atoms with van der Waals surface area (Å²) in [5.74, 6) is -3.68. The molecule has 2 N–H and O–H groups in total. The highest BCUT2D eigenvalue weighted by molar-refractivity contribution is 8.00. The number of carbonyl (C=O) groups excluding carboxylic acids is 4. The molecule has 188 valence electrons. The zero-order valence-electron chi connectivity index (χ0n) is 18.9. The maximum absolute atomic E-state index is 12.8. The molecular weight excluding hydrogens is 504 g/mol. The predicted molar refractivity (Wildman–Crippen MR) is 122 cm³/mol. The summed E-state index contributed by atoms with van der Waals surface area (Å²) >= 11 is 2.49. The number of fused-ring (bicyclic) bond motifs is 1. The van der Waals surface area contributed by atoms with Crippen LogP contribution in [-0.2, 0) is 38.3 Å². The Balaban J connectivity index is 1.62. The average Bonchev–Trinajstić information content (AvgIpc) is 3.32. The number of ether oxygens (including phenoxy) is 2. The van der Waals surface area contributed by atoms with E-state index in [2.05, 4.69) is 20.3 Å². The Morgan fingerprint density at radius 3 is 2.66 bits per heavy atom. The maximum Gasteiger partial charge on any atom is 0.357 e. The number of nitrogens with zero attached hydrogens (tertiary/aromatic N) is 3. The average molecular weight is 527 g/mol. The van der Waals surface area contributed by atoms with Crippen LogP contribution >= 0.6 is 23.1 Å². The first-order valence-electron chi connectivity index (χ1n) is 10.1. The van der Waals surface area contributed by atoms with Crippen molar-refractivity contribution in [2.24, 2.45) is 10.6 Å². The first kappa shape index (κ1) is 26.2. The Morgan fingerprint density at radius 1 is 1.29 bits per heavy atom. The Kier molecular flexibility index (Phi) is 8.11. The molecule has 1 saturated heterocycles. The largest absolute Gasteiger partial charge is 0.479 e. The summed E-state index contributed by atoms with van der Waals surface area (Å²) < 4.78 is 9.90. The lowest BCUT2D eigenvalue weighted by molar-refractivity contribution is -0.173. The van der Waals surface area contributed by atoms with Gasteiger partial charge in [0.2, 0.25) is 13.4 Å². The van der Waals surface area contributed by atoms with E-state index < -0.39 is 60.0 Å². The minimum atomic E-state index is -1.28. The topological polar surface area (TPSA) is 174 Å². The zero-order valence-corrected chi connectivity index (χ0v) is 20.5. The fraction of sp³-hybridized carbons (Fsp3) is 0.450. The van der Waals surface area contributed by atoms with Gasteiger partial charge in [-0.1, -0.05) is 5.16 Å². The molecule has 1 aromatic heterocycles. The van der Waals surface area contributed by atoms with Crippen molar-refractivity contribution in [1.29, 1.82) is 0 Å². The first-order chi connectivity index (χ1) is 16.5. The Hall–Kier alpha value is -3.46. The molecule has 0 radical (unpaired) electrons. The zero-order chi connectivity index (χ0) is 25.8. The number of oxime groups is 1. The number of amides is 2. The number of carbonyl (C=O) groups is 5. The van der Waals surface area contributed by atoms with Crippen molar-refractivity contribution in [3.8, 4) is 0 Å². The molecule has 3 rings (SSSR count). The predicted octanol–water partition coefficient (Wildman–Crippen LogP) is 0.322. The van der Waals surface area contributed by atoms with Crippen LogP contribution < -0.4 is 5.32 Å². The smallest absolute Gasteiger partial charge is 0.357 e. The number of carboxylic acid groups (broad SMARTS) is 1. The number of thiazole rings is 1. The molecular formula is C20H22N4O9S2. The molecule has 15 heteroatoms. The second-order valence-corrected chi connectivity index (χ2v) is 10.1. The van der Waals surface area contributed by atoms with Gasteiger partial charge in [0.1, 0.15) is 22.8 Å². The normalized spacial score (nSPS) is 19.6. The van der Waals surface area contributed by atoms with E-state index in [0.717, 1.165) is 0 Å². The number of hydrogen-bond donors (Lipinski definition) is 2. The fourth-order valence-electron chi connectivity index (χ4n) is 2.85. The van der Waals surface area contributed by atoms with E-state index in [1.165, 1.54) is 45.0 Å². The lowest BCUT2D eigenvalue weighted by atomic mass is 9.98. The molecule has 2 aliphatic rings. The summed E-state index contributed by atoms with van der Waals surface area (Å²) in [6, 6.07) is -0.981. The van der Waals surface area contributed by atoms with Gasteiger partial charge in [-0.05, 0) is 26.8 Å². The van der Waals surface area contributed by atoms with E-state index in [4.69, 9.17) is 14.6 Å². The highest BCUT2D eigenvalue weighted by Crippen LogP contribution is 2.37. The lowest BCUT2D eigenvalue weighted by Crippen LogP contribution is -2.70. The Labute approximate surface area is 207 Å². The molecule has 2 amide bonds. The number of aliphatic carboxylic acids is 1. The van der Waals surface area contributed by atoms with E-state index in [1.54, 1.807) is 20.8 Å². The van der Waals surface area contributed by atoms with Crippen molar-refractivity contribution in [3.63, 3.8) is 0 Å². The highest BCUT2D eigenvalue weighted by atomic mass is 32.2. The molecule has 1 aromatic rings. The van der Waals surface area contributed by atoms with Crippen molar-refractivity contribution < 1.29 is 43.4 Å². The van der Waals surface area contributed by atoms with Crippen molar-refractivity contribution >= 4 is 58.5 Å². The van der Waals surface area contributed by atoms with Gasteiger partial charge in [-0.3, -0.25) is 19.3 Å². The van der Waals surface area contributed by atoms with E-state index in [9.17, 15) is 24.0 Å². The van der Waals surface area contributed by atoms with Crippen LogP contribution in [0.25, 0.3) is 0 Å². The van der Waals surface area contributed by atoms with Crippen LogP contribution in [0.3, 0.4) is 0 Å². The maximum atomic E-state index is 12.8. The molecule has 0 bridgehead atoms. The number of nitrogens with one attached hydrogen (secondary N) is 1. The number of rotatable bonds is 9. The summed E-state index contributed by atoms with van der Waals surface area (Å²) in [6.07, 6.45) is 1.51. The summed E-state index contributed by atoms with van der Waals surface area (Å²) in [5, 5.41) is 15.7. The Morgan fingerprint density at radius 2 is 2.03 bits per heavy atom. The minimum absolute atomic E-state index is 0.0192. The van der Waals surface area contributed by atoms with Crippen molar-refractivity contribution in [1.82, 2.24) is 15.2 Å². The van der Waals surface area contributed by atoms with Gasteiger partial charge in [0.15, 0.2) is 5.71 Å². The van der Waals surface area contributed by atoms with Crippen molar-refractivity contribution in [3.05, 3.63) is 28.4 Å². The number of esters is 2. The molecule has 0 spiro atoms. The van der Waals surface area contributed by atoms with Gasteiger partial charge in [0.25, 0.3) is 11.8 Å². The van der Waals surface area contributed by atoms with Crippen LogP contribution in [0.5, 0.6) is 0 Å². The number of aromatic nitrogens is 1. The quantitative estimate of drug-likeness (QED) is 0.149. The number of β-lactam (4-membered cyclic amide) rings is 1. The van der Waals surface area contributed by atoms with Gasteiger partial charge in [0.05, 0.1) is 10.9 Å². The fourth-order valence-corrected chi connectivity index (χ4v) is 4.58. The highest BCUT2D eigenvalue weighted by Gasteiger charge is 2.53. The molecule has 0 saturated carbocycles. The third kappa shape index (κ3) is 6.16. The number of hydrogen-bond acceptors (Lipinski definition) is 12. The number of carboxylic acids is 1. The molecule has 1 unspecified atom stereocenters. The van der Waals surface area contributed by atoms with Gasteiger partial charge in [-0.25, -0.2) is 14.6 Å². The van der Waals surface area contributed by atoms with Gasteiger partial charge in [-0.2, -0.15) is 0 Å². The third-order valence-corrected chi connectivity index (χ3v) is 6.34. The standard InChI is InChI=1S/C20H22N4O9S2/c1-20(2,3)19(30)32-9-31-18(29)11-4-5-35-17-14(16(28)24(11)17)22-15(27)13(10-7-34-8-21-10)23-33-6-12(25)26/h4,7-8,14,17H,5-6,9H2,1-3H3,(H,22,27)(H,25,26)/t14?,17-/m0/s1. The van der Waals surface area contributed by atoms with E-state index in [-0.39, 0.29) is 17.1 Å². The molecule has 0 aliphatic carbocycles. The molecule has 2 atom stereocenters. The summed E-state index contributed by atoms with van der Waals surface area (Å²) in [7, 11) is 0. The van der Waals surface area contributed by atoms with Crippen LogP contribution in [0.15, 0.2) is 27.8 Å². The van der Waals surface area contributed by atoms with Crippen LogP contribution in [0, 0.1) is 5.41 Å². The van der Waals surface area contributed by atoms with Crippen LogP contribution in [0.1, 0.15) is 26.5 Å². The SMILES string of the molecule is CC(C)(C)C(=O)OCOC(=O)C1=CCS[C@H]2C(NC(=O)C(=NOCC(=O)O)c3cscn3)C(=O)N12. The molecule has 35 heavy (non-hydrogen) atoms. The molecule has 2 aliphatic heterocycles. The van der Waals surface area contributed by atoms with Crippen molar-refractivity contribution in [2.75, 3.05) is 19.2 Å². The lowest BCUT2D eigenvalue weighted by Gasteiger charge is -2.48. The molecule has 3 heterocycles. The van der Waals surface area contributed by atoms with Crippen LogP contribution in [0.2, 0.25) is 0 Å². The van der Waals surface area contributed by atoms with Crippen molar-refractivity contribution in [2.45, 2.75) is 32.2 Å². The van der Waals surface area contributed by atoms with E-state index >= 15 is 0 Å². The second kappa shape index (κ2) is 10.9. The summed E-state index contributed by atoms with van der Waals surface area (Å²) in [6.45, 7) is 3.59. The van der Waals surface area contributed by atoms with Gasteiger partial charge in [-0.15, -0.1) is 23.1 Å². The Bertz CT molecular complexity index is 1080. The monoisotopic (exact) mass is 526 g/mol. The molecule has 13 nitrogen and oxygen atoms in total. The van der Waals surface area contributed by atoms with Gasteiger partial charge >= 0.3 is 17.9 Å². The van der Waals surface area contributed by atoms with Crippen LogP contribution in [0.4, 0.5) is 0 Å². The summed E-state index contributed by atoms with van der Waals surface area (Å²) in [4.78, 5) is 70.4. The minimum Gasteiger partial charge on any atom is -0.479 e. The summed E-state index contributed by atoms with van der Waals surface area (Å²) in [5.41, 5.74) is 0.511. The second-order valence-electron chi connectivity index (χ2n) is 8.18. The van der Waals surface area contributed by atoms with Crippen LogP contribution in [-0.4, -0.2) is 81.0 Å². The number of thioether (sulfide) groups is 1. The van der Waals surface area contributed by atoms with Gasteiger partial charge in [0, 0.05) is 11.1 Å². The molecule has 1 fully saturated rings. The van der Waals surface area contributed by atoms with E-state index in [1.807, 2.05) is 0 Å². The first-order valence-corrected chi connectivity index (χ1v) is 12.1. The molecule has 0 aromatic carbocycles. The van der Waals surface area contributed by atoms with E-state index in [0.29, 0.717) is 5.75 Å². The third-order valence-electron chi connectivity index (χ3n) is 4.57.